The average Bonchev–Trinajstić information content (AvgIpc) is 2.17. The zero-order valence-electron chi connectivity index (χ0n) is 9.72. The first-order valence-corrected chi connectivity index (χ1v) is 8.39. The van der Waals surface area contributed by atoms with Gasteiger partial charge in [-0.25, -0.2) is 8.42 Å². The predicted molar refractivity (Wildman–Crippen MR) is 67.5 cm³/mol. The van der Waals surface area contributed by atoms with Crippen LogP contribution in [0.2, 0.25) is 0 Å². The topological polar surface area (TPSA) is 69.6 Å². The molecule has 0 bridgehead atoms. The molecule has 0 aromatic rings. The molecule has 0 aromatic heterocycles. The number of nitrogens with zero attached hydrogens (tertiary/aromatic N) is 1. The highest BCUT2D eigenvalue weighted by Gasteiger charge is 2.31. The van der Waals surface area contributed by atoms with Gasteiger partial charge in [-0.2, -0.15) is 11.8 Å². The lowest BCUT2D eigenvalue weighted by Gasteiger charge is -2.35. The van der Waals surface area contributed by atoms with E-state index in [9.17, 15) is 13.5 Å². The van der Waals surface area contributed by atoms with Crippen LogP contribution in [0.4, 0.5) is 0 Å². The van der Waals surface area contributed by atoms with Crippen LogP contribution in [0, 0.1) is 0 Å². The van der Waals surface area contributed by atoms with E-state index in [1.165, 1.54) is 6.26 Å². The average molecular weight is 268 g/mol. The fraction of sp³-hybridized carbons (Fsp3) is 1.00. The maximum atomic E-state index is 11.6. The van der Waals surface area contributed by atoms with Crippen molar-refractivity contribution in [1.82, 2.24) is 10.2 Å². The SMILES string of the molecule is CNCC(O)CN1CCSCC1S(C)(=O)=O. The Morgan fingerprint density at radius 1 is 1.62 bits per heavy atom. The standard InChI is InChI=1S/C9H20N2O3S2/c1-10-5-8(12)6-11-3-4-15-7-9(11)16(2,13)14/h8-10,12H,3-7H2,1-2H3. The van der Waals surface area contributed by atoms with E-state index in [4.69, 9.17) is 0 Å². The zero-order valence-corrected chi connectivity index (χ0v) is 11.4. The number of aliphatic hydroxyl groups is 1. The van der Waals surface area contributed by atoms with Gasteiger partial charge in [0.1, 0.15) is 5.37 Å². The number of hydrogen-bond donors (Lipinski definition) is 2. The molecule has 16 heavy (non-hydrogen) atoms. The van der Waals surface area contributed by atoms with E-state index in [0.29, 0.717) is 18.8 Å². The highest BCUT2D eigenvalue weighted by atomic mass is 32.2. The van der Waals surface area contributed by atoms with Crippen LogP contribution in [0.25, 0.3) is 0 Å². The first-order valence-electron chi connectivity index (χ1n) is 5.28. The molecule has 96 valence electrons. The van der Waals surface area contributed by atoms with Gasteiger partial charge < -0.3 is 10.4 Å². The summed E-state index contributed by atoms with van der Waals surface area (Å²) < 4.78 is 23.2. The number of hydrogen-bond acceptors (Lipinski definition) is 6. The van der Waals surface area contributed by atoms with Crippen molar-refractivity contribution in [2.75, 3.05) is 44.4 Å². The molecular weight excluding hydrogens is 248 g/mol. The lowest BCUT2D eigenvalue weighted by atomic mass is 10.3. The first-order chi connectivity index (χ1) is 7.45. The minimum atomic E-state index is -3.06. The molecule has 0 aromatic carbocycles. The summed E-state index contributed by atoms with van der Waals surface area (Å²) in [7, 11) is -1.29. The minimum absolute atomic E-state index is 0.416. The van der Waals surface area contributed by atoms with Crippen molar-refractivity contribution in [3.05, 3.63) is 0 Å². The number of β-amino-alcohol motifs (C(OH)–C–C–N with tert-alkyl or cyclic N) is 1. The Bertz CT molecular complexity index is 308. The van der Waals surface area contributed by atoms with Crippen molar-refractivity contribution in [3.63, 3.8) is 0 Å². The Balaban J connectivity index is 2.61. The van der Waals surface area contributed by atoms with Gasteiger partial charge in [0.2, 0.25) is 0 Å². The summed E-state index contributed by atoms with van der Waals surface area (Å²) in [6, 6.07) is 0. The highest BCUT2D eigenvalue weighted by Crippen LogP contribution is 2.20. The van der Waals surface area contributed by atoms with Gasteiger partial charge >= 0.3 is 0 Å². The Kier molecular flexibility index (Phi) is 5.52. The van der Waals surface area contributed by atoms with Crippen LogP contribution in [0.5, 0.6) is 0 Å². The van der Waals surface area contributed by atoms with Crippen LogP contribution in [-0.2, 0) is 9.84 Å². The second-order valence-electron chi connectivity index (χ2n) is 4.07. The van der Waals surface area contributed by atoms with Crippen molar-refractivity contribution in [1.29, 1.82) is 0 Å². The summed E-state index contributed by atoms with van der Waals surface area (Å²) in [6.07, 6.45) is 0.749. The maximum absolute atomic E-state index is 11.6. The quantitative estimate of drug-likeness (QED) is 0.666. The molecule has 1 heterocycles. The molecule has 0 saturated carbocycles. The van der Waals surface area contributed by atoms with Gasteiger partial charge in [-0.15, -0.1) is 0 Å². The zero-order chi connectivity index (χ0) is 12.2. The molecule has 1 saturated heterocycles. The monoisotopic (exact) mass is 268 g/mol. The molecule has 1 fully saturated rings. The van der Waals surface area contributed by atoms with Crippen molar-refractivity contribution in [2.45, 2.75) is 11.5 Å². The van der Waals surface area contributed by atoms with Crippen LogP contribution in [0.3, 0.4) is 0 Å². The number of nitrogens with one attached hydrogen (secondary N) is 1. The smallest absolute Gasteiger partial charge is 0.164 e. The first kappa shape index (κ1) is 14.2. The molecule has 0 amide bonds. The largest absolute Gasteiger partial charge is 0.390 e. The van der Waals surface area contributed by atoms with E-state index in [0.717, 1.165) is 12.3 Å². The molecule has 1 aliphatic rings. The summed E-state index contributed by atoms with van der Waals surface area (Å²) in [5.41, 5.74) is 0. The van der Waals surface area contributed by atoms with Crippen LogP contribution in [0.1, 0.15) is 0 Å². The Labute approximate surface area is 102 Å². The number of aliphatic hydroxyl groups excluding tert-OH is 1. The molecule has 1 aliphatic heterocycles. The van der Waals surface area contributed by atoms with Crippen molar-refractivity contribution in [3.8, 4) is 0 Å². The van der Waals surface area contributed by atoms with Crippen molar-refractivity contribution < 1.29 is 13.5 Å². The molecule has 0 radical (unpaired) electrons. The second-order valence-corrected chi connectivity index (χ2v) is 7.42. The van der Waals surface area contributed by atoms with Crippen molar-refractivity contribution >= 4 is 21.6 Å². The molecule has 0 aliphatic carbocycles. The molecule has 5 nitrogen and oxygen atoms in total. The molecule has 1 rings (SSSR count). The van der Waals surface area contributed by atoms with Gasteiger partial charge in [0.25, 0.3) is 0 Å². The Morgan fingerprint density at radius 2 is 2.31 bits per heavy atom. The van der Waals surface area contributed by atoms with Gasteiger partial charge in [0, 0.05) is 37.4 Å². The summed E-state index contributed by atoms with van der Waals surface area (Å²) in [5, 5.41) is 12.1. The minimum Gasteiger partial charge on any atom is -0.390 e. The summed E-state index contributed by atoms with van der Waals surface area (Å²) in [6.45, 7) is 1.63. The maximum Gasteiger partial charge on any atom is 0.164 e. The van der Waals surface area contributed by atoms with E-state index in [-0.39, 0.29) is 0 Å². The lowest BCUT2D eigenvalue weighted by molar-refractivity contribution is 0.111. The van der Waals surface area contributed by atoms with Crippen LogP contribution >= 0.6 is 11.8 Å². The molecule has 7 heteroatoms. The van der Waals surface area contributed by atoms with Crippen LogP contribution < -0.4 is 5.32 Å². The van der Waals surface area contributed by atoms with E-state index in [1.54, 1.807) is 18.8 Å². The third-order valence-electron chi connectivity index (χ3n) is 2.57. The molecule has 2 unspecified atom stereocenters. The van der Waals surface area contributed by atoms with E-state index in [1.807, 2.05) is 4.90 Å². The van der Waals surface area contributed by atoms with Crippen LogP contribution in [-0.4, -0.2) is 74.3 Å². The fourth-order valence-corrected chi connectivity index (χ4v) is 4.74. The third-order valence-corrected chi connectivity index (χ3v) is 5.26. The number of sulfone groups is 1. The number of thioether (sulfide) groups is 1. The second kappa shape index (κ2) is 6.20. The van der Waals surface area contributed by atoms with E-state index >= 15 is 0 Å². The highest BCUT2D eigenvalue weighted by molar-refractivity contribution is 8.00. The normalized spacial score (nSPS) is 25.6. The summed E-state index contributed by atoms with van der Waals surface area (Å²) >= 11 is 1.66. The summed E-state index contributed by atoms with van der Waals surface area (Å²) in [5.74, 6) is 1.53. The van der Waals surface area contributed by atoms with Crippen LogP contribution in [0.15, 0.2) is 0 Å². The van der Waals surface area contributed by atoms with Gasteiger partial charge in [-0.3, -0.25) is 4.90 Å². The number of rotatable bonds is 5. The van der Waals surface area contributed by atoms with Gasteiger partial charge in [-0.1, -0.05) is 0 Å². The van der Waals surface area contributed by atoms with Crippen molar-refractivity contribution in [2.24, 2.45) is 0 Å². The Morgan fingerprint density at radius 3 is 2.88 bits per heavy atom. The summed E-state index contributed by atoms with van der Waals surface area (Å²) in [4.78, 5) is 1.87. The van der Waals surface area contributed by atoms with Gasteiger partial charge in [0.05, 0.1) is 6.10 Å². The molecule has 2 atom stereocenters. The lowest BCUT2D eigenvalue weighted by Crippen LogP contribution is -2.50. The fourth-order valence-electron chi connectivity index (χ4n) is 1.79. The molecule has 2 N–H and O–H groups in total. The van der Waals surface area contributed by atoms with E-state index < -0.39 is 21.3 Å². The van der Waals surface area contributed by atoms with Gasteiger partial charge in [0.15, 0.2) is 9.84 Å². The van der Waals surface area contributed by atoms with Gasteiger partial charge in [-0.05, 0) is 7.05 Å². The molecular formula is C9H20N2O3S2. The Hall–Kier alpha value is 0.180. The number of likely N-dealkylation sites (N-methyl/N-ethyl adjacent to an activating group) is 1. The van der Waals surface area contributed by atoms with E-state index in [2.05, 4.69) is 5.32 Å². The third kappa shape index (κ3) is 4.21. The molecule has 0 spiro atoms. The predicted octanol–water partition coefficient (Wildman–Crippen LogP) is -1.01.